The van der Waals surface area contributed by atoms with Gasteiger partial charge in [0.05, 0.1) is 26.9 Å². The van der Waals surface area contributed by atoms with Crippen molar-refractivity contribution in [2.24, 2.45) is 0 Å². The van der Waals surface area contributed by atoms with E-state index >= 15 is 0 Å². The number of hydrogen-bond donors (Lipinski definition) is 1. The first-order valence-corrected chi connectivity index (χ1v) is 9.46. The topological polar surface area (TPSA) is 44.3 Å². The number of benzene rings is 3. The number of methoxy groups -OCH3 is 3. The Morgan fingerprint density at radius 2 is 1.36 bits per heavy atom. The summed E-state index contributed by atoms with van der Waals surface area (Å²) < 4.78 is 16.6. The molecule has 3 aromatic rings. The average Bonchev–Trinajstić information content (AvgIpc) is 2.77. The lowest BCUT2D eigenvalue weighted by atomic mass is 9.98. The van der Waals surface area contributed by atoms with Gasteiger partial charge in [-0.25, -0.2) is 0 Å². The van der Waals surface area contributed by atoms with Crippen LogP contribution < -0.4 is 19.5 Å². The minimum Gasteiger partial charge on any atom is -0.493 e. The fraction of sp³-hybridized carbons (Fsp3) is 0.250. The lowest BCUT2D eigenvalue weighted by molar-refractivity contribution is -0.711. The van der Waals surface area contributed by atoms with Crippen molar-refractivity contribution in [2.45, 2.75) is 19.0 Å². The van der Waals surface area contributed by atoms with Crippen LogP contribution in [0.15, 0.2) is 72.8 Å². The number of rotatable bonds is 9. The van der Waals surface area contributed by atoms with Gasteiger partial charge in [-0.3, -0.25) is 0 Å². The van der Waals surface area contributed by atoms with Crippen LogP contribution in [-0.2, 0) is 13.0 Å². The molecule has 0 radical (unpaired) electrons. The molecule has 1 atom stereocenters. The van der Waals surface area contributed by atoms with E-state index in [1.165, 1.54) is 11.1 Å². The van der Waals surface area contributed by atoms with E-state index in [1.807, 2.05) is 12.1 Å². The van der Waals surface area contributed by atoms with Crippen molar-refractivity contribution in [1.82, 2.24) is 0 Å². The SMILES string of the molecule is COc1ccc(C[NH2+][C@H](Cc2ccccc2)c2ccccc2)c(OC)c1OC. The first-order chi connectivity index (χ1) is 13.8. The Labute approximate surface area is 167 Å². The molecule has 0 aromatic heterocycles. The van der Waals surface area contributed by atoms with Crippen LogP contribution in [-0.4, -0.2) is 21.3 Å². The maximum absolute atomic E-state index is 5.64. The van der Waals surface area contributed by atoms with Crippen molar-refractivity contribution in [3.63, 3.8) is 0 Å². The second kappa shape index (κ2) is 9.81. The Hall–Kier alpha value is -2.98. The van der Waals surface area contributed by atoms with Crippen molar-refractivity contribution >= 4 is 0 Å². The van der Waals surface area contributed by atoms with Crippen molar-refractivity contribution < 1.29 is 19.5 Å². The summed E-state index contributed by atoms with van der Waals surface area (Å²) in [6, 6.07) is 25.5. The zero-order valence-electron chi connectivity index (χ0n) is 16.7. The monoisotopic (exact) mass is 378 g/mol. The normalized spacial score (nSPS) is 11.7. The van der Waals surface area contributed by atoms with Gasteiger partial charge in [-0.1, -0.05) is 60.7 Å². The molecule has 4 heteroatoms. The molecule has 0 bridgehead atoms. The van der Waals surface area contributed by atoms with Gasteiger partial charge in [-0.15, -0.1) is 0 Å². The maximum atomic E-state index is 5.64. The quantitative estimate of drug-likeness (QED) is 0.617. The maximum Gasteiger partial charge on any atom is 0.203 e. The summed E-state index contributed by atoms with van der Waals surface area (Å²) in [7, 11) is 4.93. The molecular formula is C24H28NO3+. The molecule has 3 aromatic carbocycles. The van der Waals surface area contributed by atoms with E-state index in [1.54, 1.807) is 21.3 Å². The summed E-state index contributed by atoms with van der Waals surface area (Å²) in [5, 5.41) is 2.35. The van der Waals surface area contributed by atoms with E-state index in [4.69, 9.17) is 14.2 Å². The first-order valence-electron chi connectivity index (χ1n) is 9.46. The Kier molecular flexibility index (Phi) is 6.93. The second-order valence-electron chi connectivity index (χ2n) is 6.64. The molecule has 0 saturated carbocycles. The third kappa shape index (κ3) is 4.65. The number of hydrogen-bond acceptors (Lipinski definition) is 3. The largest absolute Gasteiger partial charge is 0.493 e. The molecule has 0 fully saturated rings. The van der Waals surface area contributed by atoms with Crippen LogP contribution in [0, 0.1) is 0 Å². The molecule has 0 spiro atoms. The molecule has 0 unspecified atom stereocenters. The van der Waals surface area contributed by atoms with Gasteiger partial charge in [0.25, 0.3) is 0 Å². The van der Waals surface area contributed by atoms with Gasteiger partial charge in [-0.05, 0) is 17.7 Å². The summed E-state index contributed by atoms with van der Waals surface area (Å²) in [5.41, 5.74) is 3.71. The lowest BCUT2D eigenvalue weighted by Gasteiger charge is -2.19. The average molecular weight is 378 g/mol. The van der Waals surface area contributed by atoms with Crippen LogP contribution >= 0.6 is 0 Å². The zero-order chi connectivity index (χ0) is 19.8. The van der Waals surface area contributed by atoms with Crippen LogP contribution in [0.3, 0.4) is 0 Å². The smallest absolute Gasteiger partial charge is 0.203 e. The highest BCUT2D eigenvalue weighted by Gasteiger charge is 2.20. The molecule has 0 aliphatic rings. The summed E-state index contributed by atoms with van der Waals surface area (Å²) in [6.07, 6.45) is 0.959. The third-order valence-electron chi connectivity index (χ3n) is 4.93. The van der Waals surface area contributed by atoms with Gasteiger partial charge in [0.15, 0.2) is 11.5 Å². The molecule has 0 aliphatic carbocycles. The lowest BCUT2D eigenvalue weighted by Crippen LogP contribution is -2.84. The summed E-state index contributed by atoms with van der Waals surface area (Å²) in [4.78, 5) is 0. The van der Waals surface area contributed by atoms with Gasteiger partial charge in [-0.2, -0.15) is 0 Å². The molecule has 0 saturated heterocycles. The summed E-state index contributed by atoms with van der Waals surface area (Å²) >= 11 is 0. The fourth-order valence-electron chi connectivity index (χ4n) is 3.50. The van der Waals surface area contributed by atoms with E-state index in [0.717, 1.165) is 24.3 Å². The minimum absolute atomic E-state index is 0.307. The van der Waals surface area contributed by atoms with E-state index < -0.39 is 0 Å². The predicted molar refractivity (Wildman–Crippen MR) is 111 cm³/mol. The van der Waals surface area contributed by atoms with E-state index in [9.17, 15) is 0 Å². The third-order valence-corrected chi connectivity index (χ3v) is 4.93. The highest BCUT2D eigenvalue weighted by atomic mass is 16.5. The van der Waals surface area contributed by atoms with Gasteiger partial charge >= 0.3 is 0 Å². The molecule has 28 heavy (non-hydrogen) atoms. The van der Waals surface area contributed by atoms with Crippen LogP contribution in [0.4, 0.5) is 0 Å². The molecule has 4 nitrogen and oxygen atoms in total. The van der Waals surface area contributed by atoms with Gasteiger partial charge < -0.3 is 19.5 Å². The van der Waals surface area contributed by atoms with Crippen LogP contribution in [0.5, 0.6) is 17.2 Å². The van der Waals surface area contributed by atoms with Crippen molar-refractivity contribution in [3.8, 4) is 17.2 Å². The Morgan fingerprint density at radius 3 is 1.96 bits per heavy atom. The minimum atomic E-state index is 0.307. The van der Waals surface area contributed by atoms with Gasteiger partial charge in [0.1, 0.15) is 12.6 Å². The van der Waals surface area contributed by atoms with Crippen LogP contribution in [0.2, 0.25) is 0 Å². The number of nitrogens with two attached hydrogens (primary N) is 1. The van der Waals surface area contributed by atoms with Crippen LogP contribution in [0.25, 0.3) is 0 Å². The Morgan fingerprint density at radius 1 is 0.714 bits per heavy atom. The molecule has 0 aliphatic heterocycles. The Bertz CT molecular complexity index is 866. The highest BCUT2D eigenvalue weighted by Crippen LogP contribution is 2.39. The van der Waals surface area contributed by atoms with Crippen molar-refractivity contribution in [1.29, 1.82) is 0 Å². The van der Waals surface area contributed by atoms with Crippen molar-refractivity contribution in [3.05, 3.63) is 89.5 Å². The highest BCUT2D eigenvalue weighted by molar-refractivity contribution is 5.55. The Balaban J connectivity index is 1.84. The molecule has 0 amide bonds. The summed E-state index contributed by atoms with van der Waals surface area (Å²) in [6.45, 7) is 0.774. The molecule has 0 heterocycles. The molecule has 2 N–H and O–H groups in total. The zero-order valence-corrected chi connectivity index (χ0v) is 16.7. The number of quaternary nitrogens is 1. The van der Waals surface area contributed by atoms with Gasteiger partial charge in [0.2, 0.25) is 5.75 Å². The molecule has 146 valence electrons. The van der Waals surface area contributed by atoms with E-state index in [-0.39, 0.29) is 0 Å². The fourth-order valence-corrected chi connectivity index (χ4v) is 3.50. The summed E-state index contributed by atoms with van der Waals surface area (Å²) in [5.74, 6) is 2.03. The van der Waals surface area contributed by atoms with Crippen LogP contribution in [0.1, 0.15) is 22.7 Å². The van der Waals surface area contributed by atoms with E-state index in [0.29, 0.717) is 17.5 Å². The number of ether oxygens (including phenoxy) is 3. The van der Waals surface area contributed by atoms with Crippen molar-refractivity contribution in [2.75, 3.05) is 21.3 Å². The van der Waals surface area contributed by atoms with E-state index in [2.05, 4.69) is 66.0 Å². The second-order valence-corrected chi connectivity index (χ2v) is 6.64. The first kappa shape index (κ1) is 19.8. The molecular weight excluding hydrogens is 350 g/mol. The standard InChI is InChI=1S/C24H27NO3/c1-26-22-15-14-20(23(27-2)24(22)28-3)17-25-21(19-12-8-5-9-13-19)16-18-10-6-4-7-11-18/h4-15,21,25H,16-17H2,1-3H3/p+1/t21-/m1/s1. The molecule has 3 rings (SSSR count). The van der Waals surface area contributed by atoms with Gasteiger partial charge in [0, 0.05) is 12.0 Å². The predicted octanol–water partition coefficient (Wildman–Crippen LogP) is 3.76.